The number of nitrogens with two attached hydrogens (primary N) is 1. The van der Waals surface area contributed by atoms with Crippen LogP contribution in [0.5, 0.6) is 11.5 Å². The molecule has 3 N–H and O–H groups in total. The first-order chi connectivity index (χ1) is 19.0. The number of nitrogens with one attached hydrogen (secondary N) is 1. The highest BCUT2D eigenvalue weighted by molar-refractivity contribution is 6.01. The van der Waals surface area contributed by atoms with Crippen LogP contribution in [-0.4, -0.2) is 43.0 Å². The van der Waals surface area contributed by atoms with Gasteiger partial charge in [-0.05, 0) is 42.2 Å². The van der Waals surface area contributed by atoms with E-state index in [9.17, 15) is 9.59 Å². The summed E-state index contributed by atoms with van der Waals surface area (Å²) in [6.07, 6.45) is 3.57. The first-order valence-corrected chi connectivity index (χ1v) is 13.4. The Bertz CT molecular complexity index is 1310. The number of hydrogen-bond donors (Lipinski definition) is 2. The zero-order valence-electron chi connectivity index (χ0n) is 22.3. The zero-order chi connectivity index (χ0) is 27.4. The maximum atomic E-state index is 14.2. The van der Waals surface area contributed by atoms with Crippen LogP contribution in [0.2, 0.25) is 0 Å². The molecule has 3 aromatic carbocycles. The standard InChI is InChI=1S/C31H35N3O5/c1-37-21-16-17-24(27(18-21)38-2)29-28(30(35)33-39-19-20-10-4-3-5-11-20)22-12-6-7-13-23(22)31(36)34(29)26-15-9-8-14-25(26)32/h3-7,10-13,16-18,25-26,28-29H,8-9,14-15,19,32H2,1-2H3,(H,33,35). The SMILES string of the molecule is COc1ccc(C2C(C(=O)NOCc3ccccc3)c3ccccc3C(=O)N2C2CCCCC2N)c(OC)c1. The Hall–Kier alpha value is -3.88. The lowest BCUT2D eigenvalue weighted by Crippen LogP contribution is -2.57. The third-order valence-electron chi connectivity index (χ3n) is 7.81. The minimum atomic E-state index is -0.758. The Morgan fingerprint density at radius 1 is 0.949 bits per heavy atom. The van der Waals surface area contributed by atoms with Gasteiger partial charge in [0, 0.05) is 29.3 Å². The molecule has 8 nitrogen and oxygen atoms in total. The third-order valence-corrected chi connectivity index (χ3v) is 7.81. The van der Waals surface area contributed by atoms with E-state index in [-0.39, 0.29) is 30.5 Å². The van der Waals surface area contributed by atoms with Crippen molar-refractivity contribution in [2.45, 2.75) is 56.3 Å². The topological polar surface area (TPSA) is 103 Å². The second kappa shape index (κ2) is 11.9. The van der Waals surface area contributed by atoms with Crippen molar-refractivity contribution in [3.63, 3.8) is 0 Å². The van der Waals surface area contributed by atoms with Crippen LogP contribution in [0, 0.1) is 0 Å². The van der Waals surface area contributed by atoms with Gasteiger partial charge in [-0.15, -0.1) is 0 Å². The minimum Gasteiger partial charge on any atom is -0.497 e. The number of fused-ring (bicyclic) bond motifs is 1. The van der Waals surface area contributed by atoms with Crippen molar-refractivity contribution in [1.82, 2.24) is 10.4 Å². The Balaban J connectivity index is 1.60. The molecule has 4 atom stereocenters. The van der Waals surface area contributed by atoms with E-state index in [2.05, 4.69) is 5.48 Å². The normalized spacial score (nSPS) is 22.6. The molecule has 0 spiro atoms. The van der Waals surface area contributed by atoms with E-state index in [4.69, 9.17) is 20.0 Å². The predicted molar refractivity (Wildman–Crippen MR) is 147 cm³/mol. The molecular formula is C31H35N3O5. The predicted octanol–water partition coefficient (Wildman–Crippen LogP) is 4.50. The van der Waals surface area contributed by atoms with Crippen LogP contribution in [0.15, 0.2) is 72.8 Å². The van der Waals surface area contributed by atoms with E-state index < -0.39 is 12.0 Å². The van der Waals surface area contributed by atoms with Gasteiger partial charge in [0.2, 0.25) is 0 Å². The van der Waals surface area contributed by atoms with Gasteiger partial charge in [-0.25, -0.2) is 5.48 Å². The largest absolute Gasteiger partial charge is 0.497 e. The summed E-state index contributed by atoms with van der Waals surface area (Å²) in [6.45, 7) is 0.216. The number of benzene rings is 3. The van der Waals surface area contributed by atoms with Crippen LogP contribution >= 0.6 is 0 Å². The fourth-order valence-corrected chi connectivity index (χ4v) is 5.91. The molecule has 4 unspecified atom stereocenters. The lowest BCUT2D eigenvalue weighted by molar-refractivity contribution is -0.138. The summed E-state index contributed by atoms with van der Waals surface area (Å²) in [6, 6.07) is 21.3. The Morgan fingerprint density at radius 2 is 1.69 bits per heavy atom. The Kier molecular flexibility index (Phi) is 8.14. The lowest BCUT2D eigenvalue weighted by Gasteiger charge is -2.48. The van der Waals surface area contributed by atoms with Crippen molar-refractivity contribution in [3.05, 3.63) is 95.1 Å². The van der Waals surface area contributed by atoms with E-state index >= 15 is 0 Å². The number of rotatable bonds is 8. The summed E-state index contributed by atoms with van der Waals surface area (Å²) in [5.41, 5.74) is 12.1. The molecular weight excluding hydrogens is 494 g/mol. The molecule has 5 rings (SSSR count). The molecule has 2 aliphatic rings. The molecule has 0 radical (unpaired) electrons. The lowest BCUT2D eigenvalue weighted by atomic mass is 9.76. The molecule has 0 saturated heterocycles. The van der Waals surface area contributed by atoms with E-state index in [0.29, 0.717) is 28.2 Å². The van der Waals surface area contributed by atoms with E-state index in [1.807, 2.05) is 65.6 Å². The second-order valence-corrected chi connectivity index (χ2v) is 10.1. The number of amides is 2. The summed E-state index contributed by atoms with van der Waals surface area (Å²) >= 11 is 0. The van der Waals surface area contributed by atoms with Crippen LogP contribution in [-0.2, 0) is 16.2 Å². The monoisotopic (exact) mass is 529 g/mol. The molecule has 1 heterocycles. The van der Waals surface area contributed by atoms with Gasteiger partial charge in [0.25, 0.3) is 11.8 Å². The van der Waals surface area contributed by atoms with Gasteiger partial charge in [0.05, 0.1) is 32.8 Å². The van der Waals surface area contributed by atoms with Gasteiger partial charge in [-0.3, -0.25) is 14.4 Å². The van der Waals surface area contributed by atoms with Gasteiger partial charge in [0.1, 0.15) is 11.5 Å². The fraction of sp³-hybridized carbons (Fsp3) is 0.355. The first-order valence-electron chi connectivity index (χ1n) is 13.4. The molecule has 0 aromatic heterocycles. The van der Waals surface area contributed by atoms with Gasteiger partial charge >= 0.3 is 0 Å². The number of ether oxygens (including phenoxy) is 2. The van der Waals surface area contributed by atoms with Gasteiger partial charge < -0.3 is 20.1 Å². The van der Waals surface area contributed by atoms with Crippen molar-refractivity contribution in [2.24, 2.45) is 5.73 Å². The molecule has 1 fully saturated rings. The molecule has 39 heavy (non-hydrogen) atoms. The summed E-state index contributed by atoms with van der Waals surface area (Å²) in [7, 11) is 3.16. The quantitative estimate of drug-likeness (QED) is 0.417. The highest BCUT2D eigenvalue weighted by atomic mass is 16.6. The summed E-state index contributed by atoms with van der Waals surface area (Å²) < 4.78 is 11.2. The maximum Gasteiger partial charge on any atom is 0.255 e. The van der Waals surface area contributed by atoms with Gasteiger partial charge in [-0.1, -0.05) is 61.4 Å². The molecule has 3 aromatic rings. The highest BCUT2D eigenvalue weighted by Crippen LogP contribution is 2.48. The minimum absolute atomic E-state index is 0.134. The van der Waals surface area contributed by atoms with Crippen molar-refractivity contribution >= 4 is 11.8 Å². The molecule has 0 bridgehead atoms. The second-order valence-electron chi connectivity index (χ2n) is 10.1. The smallest absolute Gasteiger partial charge is 0.255 e. The van der Waals surface area contributed by atoms with Crippen LogP contribution in [0.3, 0.4) is 0 Å². The first kappa shape index (κ1) is 26.7. The fourth-order valence-electron chi connectivity index (χ4n) is 5.91. The van der Waals surface area contributed by atoms with Gasteiger partial charge in [0.15, 0.2) is 0 Å². The molecule has 8 heteroatoms. The van der Waals surface area contributed by atoms with Crippen molar-refractivity contribution in [1.29, 1.82) is 0 Å². The Morgan fingerprint density at radius 3 is 2.44 bits per heavy atom. The van der Waals surface area contributed by atoms with E-state index in [1.165, 1.54) is 0 Å². The molecule has 1 aliphatic carbocycles. The van der Waals surface area contributed by atoms with E-state index in [1.54, 1.807) is 26.4 Å². The van der Waals surface area contributed by atoms with Crippen molar-refractivity contribution < 1.29 is 23.9 Å². The van der Waals surface area contributed by atoms with Crippen LogP contribution in [0.1, 0.15) is 64.7 Å². The molecule has 2 amide bonds. The number of carbonyl (C=O) groups excluding carboxylic acids is 2. The van der Waals surface area contributed by atoms with Crippen LogP contribution < -0.4 is 20.7 Å². The summed E-state index contributed by atoms with van der Waals surface area (Å²) in [5, 5.41) is 0. The van der Waals surface area contributed by atoms with Crippen LogP contribution in [0.25, 0.3) is 0 Å². The number of nitrogens with zero attached hydrogens (tertiary/aromatic N) is 1. The summed E-state index contributed by atoms with van der Waals surface area (Å²) in [4.78, 5) is 35.7. The third kappa shape index (κ3) is 5.35. The number of carbonyl (C=O) groups is 2. The number of methoxy groups -OCH3 is 2. The average molecular weight is 530 g/mol. The number of hydroxylamine groups is 1. The zero-order valence-corrected chi connectivity index (χ0v) is 22.3. The van der Waals surface area contributed by atoms with Crippen LogP contribution in [0.4, 0.5) is 0 Å². The number of hydrogen-bond acceptors (Lipinski definition) is 6. The highest BCUT2D eigenvalue weighted by Gasteiger charge is 2.49. The summed E-state index contributed by atoms with van der Waals surface area (Å²) in [5.74, 6) is -0.0885. The molecule has 1 aliphatic heterocycles. The van der Waals surface area contributed by atoms with Gasteiger partial charge in [-0.2, -0.15) is 0 Å². The average Bonchev–Trinajstić information content (AvgIpc) is 2.97. The van der Waals surface area contributed by atoms with E-state index in [0.717, 1.165) is 31.2 Å². The van der Waals surface area contributed by atoms with Crippen molar-refractivity contribution in [3.8, 4) is 11.5 Å². The Labute approximate surface area is 229 Å². The maximum absolute atomic E-state index is 14.2. The molecule has 1 saturated carbocycles. The van der Waals surface area contributed by atoms with Crippen molar-refractivity contribution in [2.75, 3.05) is 14.2 Å². The molecule has 204 valence electrons.